The van der Waals surface area contributed by atoms with E-state index in [9.17, 15) is 13.6 Å². The lowest BCUT2D eigenvalue weighted by Gasteiger charge is -2.35. The molecular weight excluding hydrogens is 390 g/mol. The molecule has 5 nitrogen and oxygen atoms in total. The van der Waals surface area contributed by atoms with E-state index in [-0.39, 0.29) is 35.1 Å². The van der Waals surface area contributed by atoms with Gasteiger partial charge < -0.3 is 14.8 Å². The number of hydrogen-bond acceptors (Lipinski definition) is 4. The zero-order valence-corrected chi connectivity index (χ0v) is 15.9. The molecule has 1 saturated heterocycles. The number of ether oxygens (including phenoxy) is 2. The fourth-order valence-electron chi connectivity index (χ4n) is 3.03. The Bertz CT molecular complexity index is 799. The van der Waals surface area contributed by atoms with Crippen LogP contribution in [0.1, 0.15) is 11.6 Å². The van der Waals surface area contributed by atoms with Gasteiger partial charge in [-0.2, -0.15) is 0 Å². The minimum absolute atomic E-state index is 0.102. The van der Waals surface area contributed by atoms with E-state index in [1.165, 1.54) is 24.3 Å². The highest BCUT2D eigenvalue weighted by Gasteiger charge is 2.23. The van der Waals surface area contributed by atoms with Gasteiger partial charge >= 0.3 is 0 Å². The molecule has 1 atom stereocenters. The van der Waals surface area contributed by atoms with Crippen molar-refractivity contribution in [3.8, 4) is 5.75 Å². The molecule has 0 aliphatic carbocycles. The topological polar surface area (TPSA) is 50.8 Å². The van der Waals surface area contributed by atoms with Gasteiger partial charge in [0.25, 0.3) is 5.91 Å². The van der Waals surface area contributed by atoms with Crippen molar-refractivity contribution >= 4 is 17.5 Å². The zero-order valence-electron chi connectivity index (χ0n) is 15.2. The second-order valence-electron chi connectivity index (χ2n) is 6.38. The lowest BCUT2D eigenvalue weighted by Crippen LogP contribution is -2.44. The van der Waals surface area contributed by atoms with Crippen molar-refractivity contribution in [2.24, 2.45) is 0 Å². The first-order valence-electron chi connectivity index (χ1n) is 8.95. The Balaban J connectivity index is 1.59. The van der Waals surface area contributed by atoms with E-state index < -0.39 is 5.82 Å². The Labute approximate surface area is 167 Å². The number of halogens is 3. The lowest BCUT2D eigenvalue weighted by atomic mass is 10.0. The highest BCUT2D eigenvalue weighted by atomic mass is 35.5. The molecule has 0 aromatic heterocycles. The average molecular weight is 411 g/mol. The molecule has 1 aliphatic heterocycles. The van der Waals surface area contributed by atoms with E-state index in [0.717, 1.165) is 24.7 Å². The number of amides is 1. The van der Waals surface area contributed by atoms with E-state index in [0.29, 0.717) is 19.8 Å². The van der Waals surface area contributed by atoms with E-state index in [1.807, 2.05) is 0 Å². The van der Waals surface area contributed by atoms with E-state index in [4.69, 9.17) is 21.1 Å². The van der Waals surface area contributed by atoms with Crippen molar-refractivity contribution in [3.05, 3.63) is 64.7 Å². The SMILES string of the molecule is O=C(COc1ccc(F)cc1Cl)NCC(c1ccc(F)cc1)N1CCOCC1. The van der Waals surface area contributed by atoms with Gasteiger partial charge in [-0.25, -0.2) is 8.78 Å². The number of carbonyl (C=O) groups excluding carboxylic acids is 1. The molecule has 1 heterocycles. The van der Waals surface area contributed by atoms with Crippen LogP contribution in [-0.4, -0.2) is 50.3 Å². The van der Waals surface area contributed by atoms with Gasteiger partial charge in [-0.3, -0.25) is 9.69 Å². The zero-order chi connectivity index (χ0) is 19.9. The van der Waals surface area contributed by atoms with Crippen molar-refractivity contribution in [1.29, 1.82) is 0 Å². The first-order valence-corrected chi connectivity index (χ1v) is 9.32. The summed E-state index contributed by atoms with van der Waals surface area (Å²) in [5.74, 6) is -0.880. The quantitative estimate of drug-likeness (QED) is 0.761. The summed E-state index contributed by atoms with van der Waals surface area (Å²) < 4.78 is 37.1. The Morgan fingerprint density at radius 1 is 1.14 bits per heavy atom. The Morgan fingerprint density at radius 3 is 2.50 bits per heavy atom. The highest BCUT2D eigenvalue weighted by Crippen LogP contribution is 2.25. The van der Waals surface area contributed by atoms with Crippen LogP contribution >= 0.6 is 11.6 Å². The van der Waals surface area contributed by atoms with Gasteiger partial charge in [-0.1, -0.05) is 23.7 Å². The van der Waals surface area contributed by atoms with Crippen molar-refractivity contribution < 1.29 is 23.0 Å². The first kappa shape index (κ1) is 20.5. The standard InChI is InChI=1S/C20H21ClF2N2O3/c21-17-11-16(23)5-6-19(17)28-13-20(26)24-12-18(25-7-9-27-10-8-25)14-1-3-15(22)4-2-14/h1-6,11,18H,7-10,12-13H2,(H,24,26). The number of benzene rings is 2. The molecule has 3 rings (SSSR count). The molecule has 2 aromatic carbocycles. The molecule has 1 amide bonds. The monoisotopic (exact) mass is 410 g/mol. The minimum Gasteiger partial charge on any atom is -0.482 e. The molecule has 1 aliphatic rings. The van der Waals surface area contributed by atoms with Crippen molar-refractivity contribution in [3.63, 3.8) is 0 Å². The predicted octanol–water partition coefficient (Wildman–Crippen LogP) is 3.19. The summed E-state index contributed by atoms with van der Waals surface area (Å²) >= 11 is 5.89. The Morgan fingerprint density at radius 2 is 1.82 bits per heavy atom. The minimum atomic E-state index is -0.477. The fourth-order valence-corrected chi connectivity index (χ4v) is 3.25. The van der Waals surface area contributed by atoms with Crippen LogP contribution in [-0.2, 0) is 9.53 Å². The number of hydrogen-bond donors (Lipinski definition) is 1. The Hall–Kier alpha value is -2.22. The molecule has 1 N–H and O–H groups in total. The number of nitrogens with one attached hydrogen (secondary N) is 1. The molecule has 28 heavy (non-hydrogen) atoms. The molecule has 1 unspecified atom stereocenters. The largest absolute Gasteiger partial charge is 0.482 e. The van der Waals surface area contributed by atoms with Gasteiger partial charge in [-0.15, -0.1) is 0 Å². The van der Waals surface area contributed by atoms with Crippen molar-refractivity contribution in [2.45, 2.75) is 6.04 Å². The van der Waals surface area contributed by atoms with Gasteiger partial charge in [0.05, 0.1) is 24.3 Å². The normalized spacial score (nSPS) is 15.8. The molecule has 8 heteroatoms. The number of nitrogens with zero attached hydrogens (tertiary/aromatic N) is 1. The predicted molar refractivity (Wildman–Crippen MR) is 101 cm³/mol. The number of rotatable bonds is 7. The molecule has 1 fully saturated rings. The van der Waals surface area contributed by atoms with E-state index >= 15 is 0 Å². The third-order valence-electron chi connectivity index (χ3n) is 4.49. The summed E-state index contributed by atoms with van der Waals surface area (Å²) in [7, 11) is 0. The first-order chi connectivity index (χ1) is 13.5. The van der Waals surface area contributed by atoms with E-state index in [2.05, 4.69) is 10.2 Å². The van der Waals surface area contributed by atoms with Gasteiger partial charge in [0.1, 0.15) is 17.4 Å². The maximum absolute atomic E-state index is 13.3. The second kappa shape index (κ2) is 9.82. The summed E-state index contributed by atoms with van der Waals surface area (Å²) in [4.78, 5) is 14.4. The smallest absolute Gasteiger partial charge is 0.258 e. The third-order valence-corrected chi connectivity index (χ3v) is 4.78. The second-order valence-corrected chi connectivity index (χ2v) is 6.79. The average Bonchev–Trinajstić information content (AvgIpc) is 2.69. The fraction of sp³-hybridized carbons (Fsp3) is 0.350. The molecule has 150 valence electrons. The summed E-state index contributed by atoms with van der Waals surface area (Å²) in [6.07, 6.45) is 0. The van der Waals surface area contributed by atoms with Gasteiger partial charge in [0, 0.05) is 19.6 Å². The molecule has 0 radical (unpaired) electrons. The van der Waals surface area contributed by atoms with Crippen molar-refractivity contribution in [1.82, 2.24) is 10.2 Å². The van der Waals surface area contributed by atoms with Gasteiger partial charge in [0.15, 0.2) is 6.61 Å². The molecule has 0 saturated carbocycles. The summed E-state index contributed by atoms with van der Waals surface area (Å²) in [6, 6.07) is 9.85. The summed E-state index contributed by atoms with van der Waals surface area (Å²) in [6.45, 7) is 2.75. The van der Waals surface area contributed by atoms with Crippen LogP contribution in [0.25, 0.3) is 0 Å². The molecule has 0 bridgehead atoms. The van der Waals surface area contributed by atoms with Crippen LogP contribution in [0.2, 0.25) is 5.02 Å². The highest BCUT2D eigenvalue weighted by molar-refractivity contribution is 6.32. The van der Waals surface area contributed by atoms with Crippen LogP contribution in [0.5, 0.6) is 5.75 Å². The number of carbonyl (C=O) groups is 1. The molecular formula is C20H21ClF2N2O3. The Kier molecular flexibility index (Phi) is 7.19. The van der Waals surface area contributed by atoms with Crippen LogP contribution < -0.4 is 10.1 Å². The summed E-state index contributed by atoms with van der Waals surface area (Å²) in [5.41, 5.74) is 0.908. The third kappa shape index (κ3) is 5.64. The van der Waals surface area contributed by atoms with Gasteiger partial charge in [-0.05, 0) is 35.9 Å². The van der Waals surface area contributed by atoms with Gasteiger partial charge in [0.2, 0.25) is 0 Å². The molecule has 2 aromatic rings. The lowest BCUT2D eigenvalue weighted by molar-refractivity contribution is -0.123. The van der Waals surface area contributed by atoms with Crippen LogP contribution in [0, 0.1) is 11.6 Å². The van der Waals surface area contributed by atoms with Crippen LogP contribution in [0.3, 0.4) is 0 Å². The maximum Gasteiger partial charge on any atom is 0.258 e. The van der Waals surface area contributed by atoms with Crippen LogP contribution in [0.4, 0.5) is 8.78 Å². The van der Waals surface area contributed by atoms with E-state index in [1.54, 1.807) is 12.1 Å². The van der Waals surface area contributed by atoms with Crippen molar-refractivity contribution in [2.75, 3.05) is 39.5 Å². The summed E-state index contributed by atoms with van der Waals surface area (Å²) in [5, 5.41) is 2.94. The molecule has 0 spiro atoms. The maximum atomic E-state index is 13.3. The number of morpholine rings is 1. The van der Waals surface area contributed by atoms with Crippen LogP contribution in [0.15, 0.2) is 42.5 Å².